The van der Waals surface area contributed by atoms with Gasteiger partial charge in [-0.1, -0.05) is 49.2 Å². The molecule has 0 saturated heterocycles. The summed E-state index contributed by atoms with van der Waals surface area (Å²) in [6.07, 6.45) is 6.05. The number of nitrogens with two attached hydrogens (primary N) is 1. The smallest absolute Gasteiger partial charge is 0.251 e. The second-order valence-corrected chi connectivity index (χ2v) is 7.19. The van der Waals surface area contributed by atoms with Crippen LogP contribution in [0.2, 0.25) is 0 Å². The molecule has 3 N–H and O–H groups in total. The molecule has 1 amide bonds. The van der Waals surface area contributed by atoms with Crippen LogP contribution in [0.3, 0.4) is 0 Å². The molecule has 0 bridgehead atoms. The summed E-state index contributed by atoms with van der Waals surface area (Å²) < 4.78 is 2.17. The molecular weight excluding hydrogens is 362 g/mol. The Labute approximate surface area is 169 Å². The number of imidazole rings is 1. The molecule has 4 aromatic rings. The molecule has 0 aliphatic heterocycles. The molecule has 2 aromatic carbocycles. The summed E-state index contributed by atoms with van der Waals surface area (Å²) in [5, 5.41) is 4.06. The molecule has 0 fully saturated rings. The number of fused-ring (bicyclic) bond motifs is 3. The van der Waals surface area contributed by atoms with Gasteiger partial charge in [-0.2, -0.15) is 0 Å². The third kappa shape index (κ3) is 4.21. The van der Waals surface area contributed by atoms with Crippen molar-refractivity contribution in [2.45, 2.75) is 32.2 Å². The number of nitrogens with zero attached hydrogens (tertiary/aromatic N) is 3. The Morgan fingerprint density at radius 3 is 2.59 bits per heavy atom. The van der Waals surface area contributed by atoms with E-state index < -0.39 is 0 Å². The number of rotatable bonds is 8. The van der Waals surface area contributed by atoms with E-state index in [9.17, 15) is 4.79 Å². The van der Waals surface area contributed by atoms with Crippen LogP contribution in [0.15, 0.2) is 60.9 Å². The number of aromatic nitrogens is 3. The Morgan fingerprint density at radius 1 is 0.966 bits per heavy atom. The molecule has 0 aliphatic carbocycles. The van der Waals surface area contributed by atoms with Gasteiger partial charge in [0.05, 0.1) is 17.4 Å². The first-order valence-electron chi connectivity index (χ1n) is 10.1. The van der Waals surface area contributed by atoms with Crippen molar-refractivity contribution in [1.29, 1.82) is 0 Å². The summed E-state index contributed by atoms with van der Waals surface area (Å²) in [5.74, 6) is 0.472. The molecular formula is C23H25N5O. The van der Waals surface area contributed by atoms with Crippen LogP contribution >= 0.6 is 0 Å². The zero-order valence-electron chi connectivity index (χ0n) is 16.3. The van der Waals surface area contributed by atoms with Crippen LogP contribution in [-0.2, 0) is 6.54 Å². The van der Waals surface area contributed by atoms with E-state index in [1.54, 1.807) is 0 Å². The summed E-state index contributed by atoms with van der Waals surface area (Å²) >= 11 is 0. The highest BCUT2D eigenvalue weighted by Gasteiger charge is 2.11. The number of nitrogens with one attached hydrogen (secondary N) is 1. The lowest BCUT2D eigenvalue weighted by Crippen LogP contribution is -2.24. The van der Waals surface area contributed by atoms with Crippen LogP contribution in [0.1, 0.15) is 36.0 Å². The summed E-state index contributed by atoms with van der Waals surface area (Å²) in [6.45, 7) is 1.59. The van der Waals surface area contributed by atoms with Gasteiger partial charge in [0, 0.05) is 24.0 Å². The zero-order valence-corrected chi connectivity index (χ0v) is 16.3. The second-order valence-electron chi connectivity index (χ2n) is 7.19. The number of pyridine rings is 1. The number of anilines is 1. The van der Waals surface area contributed by atoms with Gasteiger partial charge in [0.25, 0.3) is 5.91 Å². The number of nitrogen functional groups attached to an aromatic ring is 1. The minimum absolute atomic E-state index is 0.00596. The highest BCUT2D eigenvalue weighted by molar-refractivity contribution is 6.06. The van der Waals surface area contributed by atoms with Gasteiger partial charge in [-0.15, -0.1) is 0 Å². The molecule has 0 saturated carbocycles. The highest BCUT2D eigenvalue weighted by Crippen LogP contribution is 2.27. The standard InChI is InChI=1S/C23H25N5O/c24-22-20-21(18-12-6-7-13-19(18)27-22)28(16-26-20)15-9-2-1-8-14-25-23(29)17-10-4-3-5-11-17/h3-7,10-13,16H,1-2,8-9,14-15H2,(H2,24,27)(H,25,29). The van der Waals surface area contributed by atoms with Crippen molar-refractivity contribution in [3.63, 3.8) is 0 Å². The van der Waals surface area contributed by atoms with Gasteiger partial charge in [0.15, 0.2) is 5.82 Å². The Bertz CT molecular complexity index is 1120. The Balaban J connectivity index is 1.27. The summed E-state index contributed by atoms with van der Waals surface area (Å²) in [4.78, 5) is 20.9. The van der Waals surface area contributed by atoms with Crippen molar-refractivity contribution < 1.29 is 4.79 Å². The maximum Gasteiger partial charge on any atom is 0.251 e. The number of hydrogen-bond donors (Lipinski definition) is 2. The van der Waals surface area contributed by atoms with Crippen molar-refractivity contribution in [2.75, 3.05) is 12.3 Å². The molecule has 6 nitrogen and oxygen atoms in total. The lowest BCUT2D eigenvalue weighted by atomic mass is 10.1. The fourth-order valence-corrected chi connectivity index (χ4v) is 3.63. The number of carbonyl (C=O) groups excluding carboxylic acids is 1. The van der Waals surface area contributed by atoms with E-state index in [0.717, 1.165) is 54.2 Å². The third-order valence-electron chi connectivity index (χ3n) is 5.13. The van der Waals surface area contributed by atoms with E-state index in [4.69, 9.17) is 5.73 Å². The average Bonchev–Trinajstić information content (AvgIpc) is 3.18. The van der Waals surface area contributed by atoms with E-state index in [1.165, 1.54) is 0 Å². The summed E-state index contributed by atoms with van der Waals surface area (Å²) in [5.41, 5.74) is 9.52. The molecule has 2 aromatic heterocycles. The van der Waals surface area contributed by atoms with E-state index >= 15 is 0 Å². The summed E-state index contributed by atoms with van der Waals surface area (Å²) in [6, 6.07) is 17.4. The molecule has 0 spiro atoms. The Morgan fingerprint density at radius 2 is 1.72 bits per heavy atom. The maximum atomic E-state index is 12.0. The fourth-order valence-electron chi connectivity index (χ4n) is 3.63. The Hall–Kier alpha value is -3.41. The van der Waals surface area contributed by atoms with Crippen molar-refractivity contribution >= 4 is 33.7 Å². The predicted molar refractivity (Wildman–Crippen MR) is 117 cm³/mol. The maximum absolute atomic E-state index is 12.0. The molecule has 2 heterocycles. The van der Waals surface area contributed by atoms with E-state index in [2.05, 4.69) is 25.9 Å². The van der Waals surface area contributed by atoms with Gasteiger partial charge < -0.3 is 15.6 Å². The van der Waals surface area contributed by atoms with Crippen LogP contribution in [0.25, 0.3) is 21.9 Å². The van der Waals surface area contributed by atoms with E-state index in [1.807, 2.05) is 54.9 Å². The second kappa shape index (κ2) is 8.73. The normalized spacial score (nSPS) is 11.2. The highest BCUT2D eigenvalue weighted by atomic mass is 16.1. The SMILES string of the molecule is Nc1nc2ccccc2c2c1ncn2CCCCCCNC(=O)c1ccccc1. The first kappa shape index (κ1) is 18.9. The first-order chi connectivity index (χ1) is 14.2. The molecule has 0 aliphatic rings. The third-order valence-corrected chi connectivity index (χ3v) is 5.13. The van der Waals surface area contributed by atoms with Crippen LogP contribution in [-0.4, -0.2) is 27.0 Å². The van der Waals surface area contributed by atoms with Crippen LogP contribution in [0.5, 0.6) is 0 Å². The topological polar surface area (TPSA) is 85.8 Å². The number of benzene rings is 2. The van der Waals surface area contributed by atoms with Gasteiger partial charge in [0.1, 0.15) is 5.52 Å². The summed E-state index contributed by atoms with van der Waals surface area (Å²) in [7, 11) is 0. The minimum atomic E-state index is -0.00596. The van der Waals surface area contributed by atoms with Crippen LogP contribution < -0.4 is 11.1 Å². The van der Waals surface area contributed by atoms with Gasteiger partial charge >= 0.3 is 0 Å². The number of carbonyl (C=O) groups is 1. The van der Waals surface area contributed by atoms with Crippen LogP contribution in [0, 0.1) is 0 Å². The lowest BCUT2D eigenvalue weighted by Gasteiger charge is -2.08. The quantitative estimate of drug-likeness (QED) is 0.445. The van der Waals surface area contributed by atoms with Crippen molar-refractivity contribution in [1.82, 2.24) is 19.9 Å². The number of para-hydroxylation sites is 1. The Kier molecular flexibility index (Phi) is 5.70. The first-order valence-corrected chi connectivity index (χ1v) is 10.1. The minimum Gasteiger partial charge on any atom is -0.382 e. The fraction of sp³-hybridized carbons (Fsp3) is 0.261. The number of unbranched alkanes of at least 4 members (excludes halogenated alkanes) is 3. The van der Waals surface area contributed by atoms with Gasteiger partial charge in [-0.05, 0) is 31.0 Å². The molecule has 148 valence electrons. The predicted octanol–water partition coefficient (Wildman–Crippen LogP) is 4.16. The molecule has 0 unspecified atom stereocenters. The molecule has 29 heavy (non-hydrogen) atoms. The molecule has 4 rings (SSSR count). The number of hydrogen-bond acceptors (Lipinski definition) is 4. The molecule has 0 atom stereocenters. The lowest BCUT2D eigenvalue weighted by molar-refractivity contribution is 0.0953. The zero-order chi connectivity index (χ0) is 20.1. The number of aryl methyl sites for hydroxylation is 1. The van der Waals surface area contributed by atoms with Crippen molar-refractivity contribution in [2.24, 2.45) is 0 Å². The molecule has 0 radical (unpaired) electrons. The van der Waals surface area contributed by atoms with E-state index in [-0.39, 0.29) is 5.91 Å². The van der Waals surface area contributed by atoms with Crippen molar-refractivity contribution in [3.8, 4) is 0 Å². The van der Waals surface area contributed by atoms with Gasteiger partial charge in [-0.25, -0.2) is 9.97 Å². The molecule has 6 heteroatoms. The van der Waals surface area contributed by atoms with E-state index in [0.29, 0.717) is 17.9 Å². The van der Waals surface area contributed by atoms with Gasteiger partial charge in [0.2, 0.25) is 0 Å². The monoisotopic (exact) mass is 387 g/mol. The van der Waals surface area contributed by atoms with Gasteiger partial charge in [-0.3, -0.25) is 4.79 Å². The number of amides is 1. The van der Waals surface area contributed by atoms with Crippen LogP contribution in [0.4, 0.5) is 5.82 Å². The largest absolute Gasteiger partial charge is 0.382 e. The van der Waals surface area contributed by atoms with Crippen molar-refractivity contribution in [3.05, 3.63) is 66.5 Å². The average molecular weight is 387 g/mol.